The molecule has 0 aliphatic rings. The molecule has 0 saturated carbocycles. The fourth-order valence-corrected chi connectivity index (χ4v) is 2.69. The van der Waals surface area contributed by atoms with E-state index in [-0.39, 0.29) is 18.3 Å². The van der Waals surface area contributed by atoms with Gasteiger partial charge in [0.05, 0.1) is 10.5 Å². The summed E-state index contributed by atoms with van der Waals surface area (Å²) in [5.74, 6) is -0.370. The van der Waals surface area contributed by atoms with E-state index >= 15 is 0 Å². The van der Waals surface area contributed by atoms with Gasteiger partial charge in [0.1, 0.15) is 6.61 Å². The third-order valence-corrected chi connectivity index (χ3v) is 3.74. The van der Waals surface area contributed by atoms with Crippen LogP contribution >= 0.6 is 11.3 Å². The van der Waals surface area contributed by atoms with Gasteiger partial charge in [-0.1, -0.05) is 0 Å². The summed E-state index contributed by atoms with van der Waals surface area (Å²) in [6.07, 6.45) is 0. The highest BCUT2D eigenvalue weighted by Crippen LogP contribution is 2.22. The van der Waals surface area contributed by atoms with Gasteiger partial charge in [0.15, 0.2) is 0 Å². The molecule has 0 unspecified atom stereocenters. The summed E-state index contributed by atoms with van der Waals surface area (Å²) in [5, 5.41) is 10.5. The number of rotatable bonds is 4. The minimum atomic E-state index is -0.465. The van der Waals surface area contributed by atoms with Crippen LogP contribution in [0.25, 0.3) is 0 Å². The van der Waals surface area contributed by atoms with Gasteiger partial charge < -0.3 is 4.74 Å². The number of thiophene rings is 1. The number of hydrogen-bond donors (Lipinski definition) is 0. The Bertz CT molecular complexity index is 646. The predicted octanol–water partition coefficient (Wildman–Crippen LogP) is 3.63. The molecule has 0 bridgehead atoms. The molecular weight excluding hydrogens is 278 g/mol. The van der Waals surface area contributed by atoms with Crippen molar-refractivity contribution in [1.82, 2.24) is 0 Å². The maximum absolute atomic E-state index is 11.9. The molecule has 0 fully saturated rings. The summed E-state index contributed by atoms with van der Waals surface area (Å²) in [7, 11) is 0. The number of aryl methyl sites for hydroxylation is 2. The van der Waals surface area contributed by atoms with Gasteiger partial charge >= 0.3 is 5.97 Å². The largest absolute Gasteiger partial charge is 0.457 e. The fraction of sp³-hybridized carbons (Fsp3) is 0.214. The Hall–Kier alpha value is -2.21. The minimum Gasteiger partial charge on any atom is -0.457 e. The van der Waals surface area contributed by atoms with Gasteiger partial charge in [0, 0.05) is 21.9 Å². The second-order valence-electron chi connectivity index (χ2n) is 4.33. The van der Waals surface area contributed by atoms with E-state index < -0.39 is 4.92 Å². The van der Waals surface area contributed by atoms with Crippen LogP contribution in [0.1, 0.15) is 25.7 Å². The average Bonchev–Trinajstić information content (AvgIpc) is 2.75. The van der Waals surface area contributed by atoms with Crippen molar-refractivity contribution in [2.24, 2.45) is 0 Å². The predicted molar refractivity (Wildman–Crippen MR) is 76.0 cm³/mol. The van der Waals surface area contributed by atoms with Gasteiger partial charge in [0.25, 0.3) is 5.69 Å². The zero-order chi connectivity index (χ0) is 14.7. The zero-order valence-corrected chi connectivity index (χ0v) is 11.9. The number of nitro benzene ring substituents is 1. The third kappa shape index (κ3) is 3.21. The van der Waals surface area contributed by atoms with Crippen LogP contribution in [0.3, 0.4) is 0 Å². The highest BCUT2D eigenvalue weighted by molar-refractivity contribution is 7.12. The Kier molecular flexibility index (Phi) is 4.14. The molecule has 2 rings (SSSR count). The number of hydrogen-bond acceptors (Lipinski definition) is 5. The van der Waals surface area contributed by atoms with Crippen molar-refractivity contribution in [3.05, 3.63) is 61.3 Å². The molecule has 2 aromatic rings. The first-order valence-electron chi connectivity index (χ1n) is 5.95. The molecule has 5 nitrogen and oxygen atoms in total. The number of benzene rings is 1. The highest BCUT2D eigenvalue weighted by atomic mass is 32.1. The number of nitrogens with zero attached hydrogens (tertiary/aromatic N) is 1. The second kappa shape index (κ2) is 5.83. The first-order valence-corrected chi connectivity index (χ1v) is 6.76. The Morgan fingerprint density at radius 3 is 2.45 bits per heavy atom. The van der Waals surface area contributed by atoms with Gasteiger partial charge in [-0.05, 0) is 37.6 Å². The van der Waals surface area contributed by atoms with E-state index in [1.165, 1.54) is 12.1 Å². The van der Waals surface area contributed by atoms with Gasteiger partial charge in [-0.15, -0.1) is 11.3 Å². The quantitative estimate of drug-likeness (QED) is 0.490. The molecule has 104 valence electrons. The Morgan fingerprint density at radius 2 is 1.95 bits per heavy atom. The van der Waals surface area contributed by atoms with Crippen LogP contribution in [0, 0.1) is 24.0 Å². The van der Waals surface area contributed by atoms with E-state index in [2.05, 4.69) is 0 Å². The number of carbonyl (C=O) groups is 1. The molecule has 0 amide bonds. The zero-order valence-electron chi connectivity index (χ0n) is 11.1. The molecule has 20 heavy (non-hydrogen) atoms. The van der Waals surface area contributed by atoms with E-state index in [0.717, 1.165) is 9.75 Å². The number of nitro groups is 1. The summed E-state index contributed by atoms with van der Waals surface area (Å²) in [6, 6.07) is 7.75. The van der Waals surface area contributed by atoms with E-state index in [4.69, 9.17) is 4.74 Å². The van der Waals surface area contributed by atoms with Crippen LogP contribution in [-0.2, 0) is 11.3 Å². The van der Waals surface area contributed by atoms with Crippen LogP contribution in [0.5, 0.6) is 0 Å². The molecule has 0 spiro atoms. The maximum atomic E-state index is 11.9. The van der Waals surface area contributed by atoms with Crippen molar-refractivity contribution in [3.8, 4) is 0 Å². The van der Waals surface area contributed by atoms with E-state index in [1.807, 2.05) is 13.8 Å². The summed E-state index contributed by atoms with van der Waals surface area (Å²) >= 11 is 1.55. The van der Waals surface area contributed by atoms with Gasteiger partial charge in [-0.25, -0.2) is 4.79 Å². The lowest BCUT2D eigenvalue weighted by atomic mass is 10.2. The lowest BCUT2D eigenvalue weighted by molar-refractivity contribution is -0.384. The number of ether oxygens (including phenoxy) is 1. The monoisotopic (exact) mass is 291 g/mol. The van der Waals surface area contributed by atoms with Crippen molar-refractivity contribution in [3.63, 3.8) is 0 Å². The second-order valence-corrected chi connectivity index (χ2v) is 5.79. The average molecular weight is 291 g/mol. The Morgan fingerprint density at radius 1 is 1.30 bits per heavy atom. The molecule has 0 N–H and O–H groups in total. The normalized spacial score (nSPS) is 10.3. The van der Waals surface area contributed by atoms with Crippen molar-refractivity contribution in [1.29, 1.82) is 0 Å². The summed E-state index contributed by atoms with van der Waals surface area (Å²) in [4.78, 5) is 24.0. The van der Waals surface area contributed by atoms with Crippen LogP contribution in [0.4, 0.5) is 5.69 Å². The van der Waals surface area contributed by atoms with Crippen LogP contribution < -0.4 is 0 Å². The van der Waals surface area contributed by atoms with Crippen molar-refractivity contribution >= 4 is 23.0 Å². The molecule has 0 atom stereocenters. The highest BCUT2D eigenvalue weighted by Gasteiger charge is 2.13. The summed E-state index contributed by atoms with van der Waals surface area (Å²) in [5.41, 5.74) is 1.31. The number of esters is 1. The van der Waals surface area contributed by atoms with Crippen LogP contribution in [0.2, 0.25) is 0 Å². The SMILES string of the molecule is Cc1cc(C(=O)OCc2ccc([N+](=O)[O-])cc2)c(C)s1. The Balaban J connectivity index is 2.00. The number of non-ortho nitro benzene ring substituents is 1. The molecular formula is C14H13NO4S. The van der Waals surface area contributed by atoms with Gasteiger partial charge in [0.2, 0.25) is 0 Å². The molecule has 0 saturated heterocycles. The van der Waals surface area contributed by atoms with Gasteiger partial charge in [-0.3, -0.25) is 10.1 Å². The molecule has 0 aliphatic carbocycles. The first kappa shape index (κ1) is 14.2. The van der Waals surface area contributed by atoms with Gasteiger partial charge in [-0.2, -0.15) is 0 Å². The van der Waals surface area contributed by atoms with Crippen molar-refractivity contribution in [2.75, 3.05) is 0 Å². The topological polar surface area (TPSA) is 69.4 Å². The standard InChI is InChI=1S/C14H13NO4S/c1-9-7-13(10(2)20-9)14(16)19-8-11-3-5-12(6-4-11)15(17)18/h3-7H,8H2,1-2H3. The van der Waals surface area contributed by atoms with E-state index in [0.29, 0.717) is 11.1 Å². The summed E-state index contributed by atoms with van der Waals surface area (Å²) < 4.78 is 5.21. The fourth-order valence-electron chi connectivity index (χ4n) is 1.77. The lowest BCUT2D eigenvalue weighted by Crippen LogP contribution is -2.05. The van der Waals surface area contributed by atoms with Crippen LogP contribution in [0.15, 0.2) is 30.3 Å². The lowest BCUT2D eigenvalue weighted by Gasteiger charge is -2.04. The molecule has 1 aromatic heterocycles. The minimum absolute atomic E-state index is 0.0179. The molecule has 0 aliphatic heterocycles. The molecule has 6 heteroatoms. The van der Waals surface area contributed by atoms with E-state index in [9.17, 15) is 14.9 Å². The van der Waals surface area contributed by atoms with Crippen molar-refractivity contribution < 1.29 is 14.5 Å². The van der Waals surface area contributed by atoms with E-state index in [1.54, 1.807) is 29.5 Å². The third-order valence-electron chi connectivity index (χ3n) is 2.78. The molecule has 1 heterocycles. The maximum Gasteiger partial charge on any atom is 0.339 e. The molecule has 1 aromatic carbocycles. The summed E-state index contributed by atoms with van der Waals surface area (Å²) in [6.45, 7) is 3.91. The van der Waals surface area contributed by atoms with Crippen LogP contribution in [-0.4, -0.2) is 10.9 Å². The van der Waals surface area contributed by atoms with Crippen molar-refractivity contribution in [2.45, 2.75) is 20.5 Å². The smallest absolute Gasteiger partial charge is 0.339 e. The first-order chi connectivity index (χ1) is 9.47. The molecule has 0 radical (unpaired) electrons. The number of carbonyl (C=O) groups excluding carboxylic acids is 1. The Labute approximate surface area is 120 Å².